The standard InChI is InChI=1S/C22H22N2O5/c1-4-28-16-10-11-19(29-5-2)18(13-16)24-21(26)17(20(25)23-22(24)27)12-15-8-6-14(3)7-9-15/h6-13H,4-5H2,1-3H3,(H,23,25,27)/b17-12+. The summed E-state index contributed by atoms with van der Waals surface area (Å²) >= 11 is 0. The van der Waals surface area contributed by atoms with Crippen LogP contribution in [0.2, 0.25) is 0 Å². The topological polar surface area (TPSA) is 84.9 Å². The van der Waals surface area contributed by atoms with Gasteiger partial charge in [-0.2, -0.15) is 0 Å². The van der Waals surface area contributed by atoms with E-state index in [1.54, 1.807) is 37.3 Å². The van der Waals surface area contributed by atoms with Gasteiger partial charge in [0.25, 0.3) is 11.8 Å². The summed E-state index contributed by atoms with van der Waals surface area (Å²) in [6.45, 7) is 6.33. The Morgan fingerprint density at radius 3 is 2.31 bits per heavy atom. The van der Waals surface area contributed by atoms with Crippen molar-refractivity contribution in [1.29, 1.82) is 0 Å². The van der Waals surface area contributed by atoms with E-state index in [-0.39, 0.29) is 11.3 Å². The van der Waals surface area contributed by atoms with E-state index in [2.05, 4.69) is 5.32 Å². The van der Waals surface area contributed by atoms with Gasteiger partial charge in [0.05, 0.1) is 18.9 Å². The highest BCUT2D eigenvalue weighted by Crippen LogP contribution is 2.35. The van der Waals surface area contributed by atoms with Gasteiger partial charge in [0, 0.05) is 6.07 Å². The Morgan fingerprint density at radius 1 is 0.966 bits per heavy atom. The number of carbonyl (C=O) groups excluding carboxylic acids is 3. The monoisotopic (exact) mass is 394 g/mol. The highest BCUT2D eigenvalue weighted by atomic mass is 16.5. The average molecular weight is 394 g/mol. The molecule has 1 fully saturated rings. The van der Waals surface area contributed by atoms with Crippen LogP contribution in [0.25, 0.3) is 6.08 Å². The first kappa shape index (κ1) is 20.1. The summed E-state index contributed by atoms with van der Waals surface area (Å²) < 4.78 is 11.1. The first-order chi connectivity index (χ1) is 13.9. The number of barbiturate groups is 1. The molecule has 0 radical (unpaired) electrons. The van der Waals surface area contributed by atoms with Gasteiger partial charge in [0.1, 0.15) is 17.1 Å². The minimum absolute atomic E-state index is 0.141. The molecule has 29 heavy (non-hydrogen) atoms. The molecular weight excluding hydrogens is 372 g/mol. The van der Waals surface area contributed by atoms with Crippen molar-refractivity contribution in [2.75, 3.05) is 18.1 Å². The van der Waals surface area contributed by atoms with Crippen LogP contribution in [0, 0.1) is 6.92 Å². The average Bonchev–Trinajstić information content (AvgIpc) is 2.68. The van der Waals surface area contributed by atoms with E-state index in [0.29, 0.717) is 30.3 Å². The number of nitrogens with zero attached hydrogens (tertiary/aromatic N) is 1. The lowest BCUT2D eigenvalue weighted by Crippen LogP contribution is -2.54. The van der Waals surface area contributed by atoms with Crippen LogP contribution in [-0.4, -0.2) is 31.1 Å². The van der Waals surface area contributed by atoms with Crippen molar-refractivity contribution in [3.63, 3.8) is 0 Å². The second kappa shape index (κ2) is 8.60. The summed E-state index contributed by atoms with van der Waals surface area (Å²) in [4.78, 5) is 38.9. The van der Waals surface area contributed by atoms with Gasteiger partial charge in [-0.15, -0.1) is 0 Å². The first-order valence-corrected chi connectivity index (χ1v) is 9.32. The van der Waals surface area contributed by atoms with Gasteiger partial charge in [-0.05, 0) is 44.5 Å². The third-order valence-corrected chi connectivity index (χ3v) is 4.27. The number of carbonyl (C=O) groups is 3. The lowest BCUT2D eigenvalue weighted by molar-refractivity contribution is -0.122. The Balaban J connectivity index is 2.05. The molecule has 2 aromatic rings. The van der Waals surface area contributed by atoms with E-state index in [9.17, 15) is 14.4 Å². The third kappa shape index (κ3) is 4.29. The molecule has 0 aromatic heterocycles. The number of hydrogen-bond donors (Lipinski definition) is 1. The number of benzene rings is 2. The lowest BCUT2D eigenvalue weighted by Gasteiger charge is -2.28. The maximum atomic E-state index is 13.1. The lowest BCUT2D eigenvalue weighted by atomic mass is 10.1. The number of ether oxygens (including phenoxy) is 2. The number of amides is 4. The van der Waals surface area contributed by atoms with Crippen LogP contribution in [0.5, 0.6) is 11.5 Å². The highest BCUT2D eigenvalue weighted by molar-refractivity contribution is 6.39. The number of hydrogen-bond acceptors (Lipinski definition) is 5. The molecule has 0 unspecified atom stereocenters. The zero-order valence-corrected chi connectivity index (χ0v) is 16.5. The fraction of sp³-hybridized carbons (Fsp3) is 0.227. The summed E-state index contributed by atoms with van der Waals surface area (Å²) in [5.74, 6) is -0.652. The Hall–Kier alpha value is -3.61. The second-order valence-electron chi connectivity index (χ2n) is 6.36. The molecule has 0 atom stereocenters. The molecule has 0 saturated carbocycles. The van der Waals surface area contributed by atoms with Gasteiger partial charge in [-0.1, -0.05) is 29.8 Å². The van der Waals surface area contributed by atoms with E-state index < -0.39 is 17.8 Å². The van der Waals surface area contributed by atoms with Crippen LogP contribution < -0.4 is 19.7 Å². The van der Waals surface area contributed by atoms with E-state index >= 15 is 0 Å². The molecule has 7 nitrogen and oxygen atoms in total. The number of urea groups is 1. The molecule has 1 saturated heterocycles. The SMILES string of the molecule is CCOc1ccc(OCC)c(N2C(=O)NC(=O)/C(=C\c3ccc(C)cc3)C2=O)c1. The predicted molar refractivity (Wildman–Crippen MR) is 109 cm³/mol. The fourth-order valence-electron chi connectivity index (χ4n) is 2.91. The minimum atomic E-state index is -0.837. The maximum Gasteiger partial charge on any atom is 0.336 e. The van der Waals surface area contributed by atoms with Crippen molar-refractivity contribution in [3.05, 3.63) is 59.2 Å². The van der Waals surface area contributed by atoms with Crippen molar-refractivity contribution in [2.24, 2.45) is 0 Å². The maximum absolute atomic E-state index is 13.1. The van der Waals surface area contributed by atoms with Crippen LogP contribution in [-0.2, 0) is 9.59 Å². The van der Waals surface area contributed by atoms with Crippen molar-refractivity contribution in [2.45, 2.75) is 20.8 Å². The predicted octanol–water partition coefficient (Wildman–Crippen LogP) is 3.46. The molecule has 1 heterocycles. The summed E-state index contributed by atoms with van der Waals surface area (Å²) in [7, 11) is 0. The van der Waals surface area contributed by atoms with Gasteiger partial charge in [-0.25, -0.2) is 9.69 Å². The van der Waals surface area contributed by atoms with Crippen molar-refractivity contribution in [1.82, 2.24) is 5.32 Å². The molecule has 0 aliphatic carbocycles. The van der Waals surface area contributed by atoms with E-state index in [4.69, 9.17) is 9.47 Å². The summed E-state index contributed by atoms with van der Waals surface area (Å²) in [6.07, 6.45) is 1.46. The molecular formula is C22H22N2O5. The van der Waals surface area contributed by atoms with Crippen molar-refractivity contribution in [3.8, 4) is 11.5 Å². The summed E-state index contributed by atoms with van der Waals surface area (Å²) in [6, 6.07) is 11.4. The van der Waals surface area contributed by atoms with Gasteiger partial charge < -0.3 is 9.47 Å². The molecule has 4 amide bonds. The second-order valence-corrected chi connectivity index (χ2v) is 6.36. The summed E-state index contributed by atoms with van der Waals surface area (Å²) in [5, 5.41) is 2.22. The van der Waals surface area contributed by atoms with Gasteiger partial charge in [-0.3, -0.25) is 14.9 Å². The van der Waals surface area contributed by atoms with E-state index in [1.807, 2.05) is 26.0 Å². The zero-order valence-electron chi connectivity index (χ0n) is 16.5. The highest BCUT2D eigenvalue weighted by Gasteiger charge is 2.38. The number of rotatable bonds is 6. The number of aryl methyl sites for hydroxylation is 1. The molecule has 7 heteroatoms. The third-order valence-electron chi connectivity index (χ3n) is 4.27. The van der Waals surface area contributed by atoms with E-state index in [1.165, 1.54) is 6.08 Å². The van der Waals surface area contributed by atoms with Crippen LogP contribution in [0.15, 0.2) is 48.0 Å². The Kier molecular flexibility index (Phi) is 5.97. The molecule has 2 aromatic carbocycles. The Morgan fingerprint density at radius 2 is 1.66 bits per heavy atom. The number of imide groups is 2. The van der Waals surface area contributed by atoms with Crippen LogP contribution in [0.4, 0.5) is 10.5 Å². The van der Waals surface area contributed by atoms with Crippen molar-refractivity contribution < 1.29 is 23.9 Å². The molecule has 0 bridgehead atoms. The normalized spacial score (nSPS) is 15.5. The molecule has 3 rings (SSSR count). The molecule has 1 aliphatic heterocycles. The van der Waals surface area contributed by atoms with Crippen LogP contribution >= 0.6 is 0 Å². The minimum Gasteiger partial charge on any atom is -0.494 e. The number of anilines is 1. The zero-order chi connectivity index (χ0) is 21.0. The van der Waals surface area contributed by atoms with Crippen LogP contribution in [0.1, 0.15) is 25.0 Å². The number of nitrogens with one attached hydrogen (secondary N) is 1. The molecule has 1 N–H and O–H groups in total. The smallest absolute Gasteiger partial charge is 0.336 e. The van der Waals surface area contributed by atoms with Gasteiger partial charge >= 0.3 is 6.03 Å². The fourth-order valence-corrected chi connectivity index (χ4v) is 2.91. The first-order valence-electron chi connectivity index (χ1n) is 9.32. The Labute approximate surface area is 168 Å². The van der Waals surface area contributed by atoms with E-state index in [0.717, 1.165) is 10.5 Å². The molecule has 1 aliphatic rings. The molecule has 150 valence electrons. The van der Waals surface area contributed by atoms with Gasteiger partial charge in [0.15, 0.2) is 0 Å². The quantitative estimate of drug-likeness (QED) is 0.599. The van der Waals surface area contributed by atoms with Gasteiger partial charge in [0.2, 0.25) is 0 Å². The molecule has 0 spiro atoms. The summed E-state index contributed by atoms with van der Waals surface area (Å²) in [5.41, 5.74) is 1.80. The largest absolute Gasteiger partial charge is 0.494 e. The Bertz CT molecular complexity index is 979. The van der Waals surface area contributed by atoms with Crippen LogP contribution in [0.3, 0.4) is 0 Å². The van der Waals surface area contributed by atoms with Crippen molar-refractivity contribution >= 4 is 29.6 Å².